The summed E-state index contributed by atoms with van der Waals surface area (Å²) in [6.07, 6.45) is 11.8. The second kappa shape index (κ2) is 16.9. The van der Waals surface area contributed by atoms with Gasteiger partial charge in [0.05, 0.1) is 6.04 Å². The van der Waals surface area contributed by atoms with Gasteiger partial charge in [0, 0.05) is 49.6 Å². The number of aryl methyl sites for hydroxylation is 1. The Hall–Kier alpha value is -4.06. The van der Waals surface area contributed by atoms with E-state index in [9.17, 15) is 14.4 Å². The van der Waals surface area contributed by atoms with Crippen molar-refractivity contribution >= 4 is 23.4 Å². The van der Waals surface area contributed by atoms with Crippen molar-refractivity contribution in [1.29, 1.82) is 0 Å². The molecule has 6 heteroatoms. The third-order valence-electron chi connectivity index (χ3n) is 9.88. The number of unbranched alkanes of at least 4 members (excludes halogenated alkanes) is 6. The Bertz CT molecular complexity index is 1610. The quantitative estimate of drug-likeness (QED) is 0.0669. The summed E-state index contributed by atoms with van der Waals surface area (Å²) in [6.45, 7) is 11.1. The number of ketones is 1. The first-order valence-corrected chi connectivity index (χ1v) is 17.9. The van der Waals surface area contributed by atoms with E-state index in [-0.39, 0.29) is 17.1 Å². The fourth-order valence-electron chi connectivity index (χ4n) is 7.36. The molecule has 0 bridgehead atoms. The van der Waals surface area contributed by atoms with Gasteiger partial charge in [0.1, 0.15) is 0 Å². The van der Waals surface area contributed by atoms with Gasteiger partial charge in [0.25, 0.3) is 5.91 Å². The van der Waals surface area contributed by atoms with Crippen molar-refractivity contribution < 1.29 is 19.2 Å². The Balaban J connectivity index is 1.82. The molecule has 1 amide bonds. The van der Waals surface area contributed by atoms with E-state index in [1.807, 2.05) is 44.2 Å². The number of hydrogen-bond donors (Lipinski definition) is 0. The molecule has 0 spiro atoms. The summed E-state index contributed by atoms with van der Waals surface area (Å²) in [7, 11) is 1.78. The number of fused-ring (bicyclic) bond motifs is 3. The molecule has 256 valence electrons. The van der Waals surface area contributed by atoms with Crippen molar-refractivity contribution in [2.75, 3.05) is 7.05 Å². The zero-order chi connectivity index (χ0) is 34.8. The van der Waals surface area contributed by atoms with Gasteiger partial charge in [0.2, 0.25) is 0 Å². The maximum atomic E-state index is 13.8. The monoisotopic (exact) mass is 650 g/mol. The SMILES string of the molecule is CCCCCCC1(CCCCCC)c2cc(C(=O)c3ccc(C)cc3)ccc2-c2ccc(C(CC(C)N(OC(C)=O)C(C)=O)=NC)cc21. The minimum Gasteiger partial charge on any atom is -0.338 e. The highest BCUT2D eigenvalue weighted by molar-refractivity contribution is 6.09. The van der Waals surface area contributed by atoms with Crippen LogP contribution in [0.4, 0.5) is 0 Å². The zero-order valence-electron chi connectivity index (χ0n) is 30.2. The van der Waals surface area contributed by atoms with E-state index in [1.165, 1.54) is 74.6 Å². The predicted molar refractivity (Wildman–Crippen MR) is 196 cm³/mol. The molecule has 0 radical (unpaired) electrons. The number of carbonyl (C=O) groups excluding carboxylic acids is 3. The third kappa shape index (κ3) is 8.32. The summed E-state index contributed by atoms with van der Waals surface area (Å²) in [5, 5.41) is 1.15. The average Bonchev–Trinajstić information content (AvgIpc) is 3.34. The van der Waals surface area contributed by atoms with Crippen molar-refractivity contribution in [1.82, 2.24) is 5.06 Å². The van der Waals surface area contributed by atoms with Crippen molar-refractivity contribution in [3.63, 3.8) is 0 Å². The molecule has 0 aliphatic heterocycles. The Morgan fingerprint density at radius 2 is 1.27 bits per heavy atom. The molecule has 3 aromatic carbocycles. The molecular weight excluding hydrogens is 596 g/mol. The molecule has 0 saturated heterocycles. The summed E-state index contributed by atoms with van der Waals surface area (Å²) in [5.41, 5.74) is 9.21. The summed E-state index contributed by atoms with van der Waals surface area (Å²) < 4.78 is 0. The number of hydroxylamine groups is 2. The molecule has 6 nitrogen and oxygen atoms in total. The van der Waals surface area contributed by atoms with Gasteiger partial charge in [0.15, 0.2) is 5.78 Å². The van der Waals surface area contributed by atoms with E-state index in [2.05, 4.69) is 49.2 Å². The highest BCUT2D eigenvalue weighted by atomic mass is 16.7. The Labute approximate surface area is 288 Å². The number of rotatable bonds is 16. The summed E-state index contributed by atoms with van der Waals surface area (Å²) in [6, 6.07) is 20.5. The van der Waals surface area contributed by atoms with E-state index in [1.54, 1.807) is 7.05 Å². The lowest BCUT2D eigenvalue weighted by atomic mass is 9.70. The van der Waals surface area contributed by atoms with E-state index < -0.39 is 12.0 Å². The van der Waals surface area contributed by atoms with Crippen LogP contribution in [0.15, 0.2) is 65.7 Å². The van der Waals surface area contributed by atoms with Gasteiger partial charge >= 0.3 is 5.97 Å². The first-order valence-electron chi connectivity index (χ1n) is 17.9. The number of hydrogen-bond acceptors (Lipinski definition) is 5. The Morgan fingerprint density at radius 1 is 0.750 bits per heavy atom. The Morgan fingerprint density at radius 3 is 1.77 bits per heavy atom. The van der Waals surface area contributed by atoms with Gasteiger partial charge in [-0.15, -0.1) is 0 Å². The molecule has 0 saturated carbocycles. The van der Waals surface area contributed by atoms with Gasteiger partial charge in [-0.1, -0.05) is 119 Å². The van der Waals surface area contributed by atoms with E-state index in [0.29, 0.717) is 12.0 Å². The van der Waals surface area contributed by atoms with E-state index in [0.717, 1.165) is 53.1 Å². The Kier molecular flexibility index (Phi) is 12.9. The molecule has 1 aliphatic carbocycles. The van der Waals surface area contributed by atoms with Crippen LogP contribution >= 0.6 is 0 Å². The maximum absolute atomic E-state index is 13.8. The first-order chi connectivity index (χ1) is 23.1. The van der Waals surface area contributed by atoms with Crippen LogP contribution in [0.1, 0.15) is 143 Å². The second-order valence-electron chi connectivity index (χ2n) is 13.6. The molecule has 1 unspecified atom stereocenters. The van der Waals surface area contributed by atoms with Crippen molar-refractivity contribution in [2.24, 2.45) is 4.99 Å². The number of carbonyl (C=O) groups is 3. The lowest BCUT2D eigenvalue weighted by molar-refractivity contribution is -0.202. The highest BCUT2D eigenvalue weighted by Gasteiger charge is 2.43. The topological polar surface area (TPSA) is 76.0 Å². The molecule has 1 atom stereocenters. The maximum Gasteiger partial charge on any atom is 0.329 e. The molecule has 3 aromatic rings. The van der Waals surface area contributed by atoms with Crippen LogP contribution in [-0.4, -0.2) is 41.5 Å². The highest BCUT2D eigenvalue weighted by Crippen LogP contribution is 2.55. The first kappa shape index (κ1) is 36.8. The van der Waals surface area contributed by atoms with Crippen LogP contribution in [0.5, 0.6) is 0 Å². The van der Waals surface area contributed by atoms with Crippen LogP contribution < -0.4 is 0 Å². The van der Waals surface area contributed by atoms with Gasteiger partial charge < -0.3 is 4.84 Å². The number of benzene rings is 3. The molecule has 0 heterocycles. The fraction of sp³-hybridized carbons (Fsp3) is 0.476. The molecule has 1 aliphatic rings. The summed E-state index contributed by atoms with van der Waals surface area (Å²) in [4.78, 5) is 47.9. The minimum absolute atomic E-state index is 0.0532. The van der Waals surface area contributed by atoms with Crippen LogP contribution in [0.25, 0.3) is 11.1 Å². The third-order valence-corrected chi connectivity index (χ3v) is 9.88. The largest absolute Gasteiger partial charge is 0.338 e. The van der Waals surface area contributed by atoms with Crippen molar-refractivity contribution in [2.45, 2.75) is 124 Å². The molecule has 0 N–H and O–H groups in total. The van der Waals surface area contributed by atoms with E-state index in [4.69, 9.17) is 4.84 Å². The summed E-state index contributed by atoms with van der Waals surface area (Å²) in [5.74, 6) is -0.803. The molecule has 0 aromatic heterocycles. The smallest absolute Gasteiger partial charge is 0.329 e. The molecular formula is C42H54N2O4. The fourth-order valence-corrected chi connectivity index (χ4v) is 7.36. The normalized spacial score (nSPS) is 13.9. The minimum atomic E-state index is -0.529. The number of nitrogens with zero attached hydrogens (tertiary/aromatic N) is 2. The second-order valence-corrected chi connectivity index (χ2v) is 13.6. The van der Waals surface area contributed by atoms with Crippen molar-refractivity contribution in [3.05, 3.63) is 94.0 Å². The van der Waals surface area contributed by atoms with Gasteiger partial charge in [-0.05, 0) is 66.6 Å². The van der Waals surface area contributed by atoms with Gasteiger partial charge in [-0.2, -0.15) is 5.06 Å². The number of amides is 1. The van der Waals surface area contributed by atoms with Crippen LogP contribution in [-0.2, 0) is 19.8 Å². The molecule has 48 heavy (non-hydrogen) atoms. The lowest BCUT2D eigenvalue weighted by Gasteiger charge is -2.33. The van der Waals surface area contributed by atoms with Gasteiger partial charge in [-0.25, -0.2) is 0 Å². The van der Waals surface area contributed by atoms with Crippen LogP contribution in [0, 0.1) is 6.92 Å². The number of aliphatic imine (C=N–C) groups is 1. The lowest BCUT2D eigenvalue weighted by Crippen LogP contribution is -2.39. The van der Waals surface area contributed by atoms with Crippen LogP contribution in [0.3, 0.4) is 0 Å². The molecule has 4 rings (SSSR count). The predicted octanol–water partition coefficient (Wildman–Crippen LogP) is 9.96. The van der Waals surface area contributed by atoms with Crippen LogP contribution in [0.2, 0.25) is 0 Å². The summed E-state index contributed by atoms with van der Waals surface area (Å²) >= 11 is 0. The van der Waals surface area contributed by atoms with E-state index >= 15 is 0 Å². The standard InChI is InChI=1S/C42H54N2O4/c1-8-10-12-14-24-42(25-15-13-11-9-2)38-27-34(40(43-7)26-30(4)44(31(5)45)48-32(6)46)20-22-36(38)37-23-21-35(28-39(37)42)41(47)33-18-16-29(3)17-19-33/h16-23,27-28,30H,8-15,24-26H2,1-7H3. The average molecular weight is 651 g/mol. The molecule has 0 fully saturated rings. The zero-order valence-corrected chi connectivity index (χ0v) is 30.2. The van der Waals surface area contributed by atoms with Crippen molar-refractivity contribution in [3.8, 4) is 11.1 Å². The van der Waals surface area contributed by atoms with Gasteiger partial charge in [-0.3, -0.25) is 19.4 Å².